The molecule has 2 aliphatic rings. The van der Waals surface area contributed by atoms with Gasteiger partial charge in [0, 0.05) is 61.5 Å². The molecule has 36 heavy (non-hydrogen) atoms. The zero-order valence-corrected chi connectivity index (χ0v) is 20.0. The second-order valence-electron chi connectivity index (χ2n) is 8.57. The number of morpholine rings is 2. The van der Waals surface area contributed by atoms with Crippen LogP contribution in [0, 0.1) is 0 Å². The van der Waals surface area contributed by atoms with Gasteiger partial charge in [-0.2, -0.15) is 0 Å². The van der Waals surface area contributed by atoms with Crippen LogP contribution in [0.4, 0.5) is 11.4 Å². The molecule has 2 heterocycles. The number of rotatable bonds is 7. The molecule has 4 amide bonds. The van der Waals surface area contributed by atoms with Crippen LogP contribution in [-0.2, 0) is 19.1 Å². The summed E-state index contributed by atoms with van der Waals surface area (Å²) < 4.78 is 10.6. The number of benzene rings is 2. The third-order valence-electron chi connectivity index (χ3n) is 5.96. The first-order valence-corrected chi connectivity index (χ1v) is 12.0. The van der Waals surface area contributed by atoms with Crippen molar-refractivity contribution in [2.24, 2.45) is 0 Å². The lowest BCUT2D eigenvalue weighted by Gasteiger charge is -2.27. The van der Waals surface area contributed by atoms with Gasteiger partial charge in [0.15, 0.2) is 0 Å². The van der Waals surface area contributed by atoms with Gasteiger partial charge in [-0.1, -0.05) is 12.1 Å². The van der Waals surface area contributed by atoms with Crippen LogP contribution in [0.5, 0.6) is 0 Å². The molecule has 2 aromatic carbocycles. The Hall–Kier alpha value is -3.76. The maximum absolute atomic E-state index is 12.7. The summed E-state index contributed by atoms with van der Waals surface area (Å²) >= 11 is 0. The summed E-state index contributed by atoms with van der Waals surface area (Å²) in [5, 5.41) is 5.49. The first-order chi connectivity index (χ1) is 17.5. The summed E-state index contributed by atoms with van der Waals surface area (Å²) in [6.07, 6.45) is -0.0558. The lowest BCUT2D eigenvalue weighted by Crippen LogP contribution is -2.40. The van der Waals surface area contributed by atoms with Gasteiger partial charge in [-0.3, -0.25) is 19.2 Å². The van der Waals surface area contributed by atoms with Gasteiger partial charge in [0.25, 0.3) is 11.8 Å². The van der Waals surface area contributed by atoms with Crippen molar-refractivity contribution in [2.75, 3.05) is 63.2 Å². The SMILES string of the molecule is O=C(CCC(=O)Nc1cccc(C(=O)N2CCOCC2)c1)Nc1cccc(C(=O)N2CCOCC2)c1. The van der Waals surface area contributed by atoms with Crippen molar-refractivity contribution < 1.29 is 28.7 Å². The van der Waals surface area contributed by atoms with E-state index in [1.165, 1.54) is 0 Å². The third kappa shape index (κ3) is 6.89. The third-order valence-corrected chi connectivity index (χ3v) is 5.96. The molecule has 2 aromatic rings. The molecule has 2 aliphatic heterocycles. The number of carbonyl (C=O) groups excluding carboxylic acids is 4. The van der Waals surface area contributed by atoms with E-state index in [1.54, 1.807) is 58.3 Å². The molecule has 2 saturated heterocycles. The van der Waals surface area contributed by atoms with E-state index in [4.69, 9.17) is 9.47 Å². The molecule has 10 heteroatoms. The molecule has 0 aromatic heterocycles. The smallest absolute Gasteiger partial charge is 0.254 e. The molecule has 2 N–H and O–H groups in total. The summed E-state index contributed by atoms with van der Waals surface area (Å²) in [5.41, 5.74) is 1.96. The minimum atomic E-state index is -0.336. The van der Waals surface area contributed by atoms with Gasteiger partial charge < -0.3 is 29.9 Å². The molecule has 0 atom stereocenters. The Morgan fingerprint density at radius 3 is 1.42 bits per heavy atom. The van der Waals surface area contributed by atoms with E-state index in [0.29, 0.717) is 75.1 Å². The van der Waals surface area contributed by atoms with Crippen molar-refractivity contribution >= 4 is 35.0 Å². The zero-order valence-electron chi connectivity index (χ0n) is 20.0. The van der Waals surface area contributed by atoms with E-state index >= 15 is 0 Å². The van der Waals surface area contributed by atoms with Crippen molar-refractivity contribution in [3.05, 3.63) is 59.7 Å². The summed E-state index contributed by atoms with van der Waals surface area (Å²) in [7, 11) is 0. The fraction of sp³-hybridized carbons (Fsp3) is 0.385. The second-order valence-corrected chi connectivity index (χ2v) is 8.57. The van der Waals surface area contributed by atoms with E-state index in [1.807, 2.05) is 0 Å². The first-order valence-electron chi connectivity index (χ1n) is 12.0. The fourth-order valence-electron chi connectivity index (χ4n) is 4.03. The molecule has 0 spiro atoms. The minimum absolute atomic E-state index is 0.0279. The molecular weight excluding hydrogens is 464 g/mol. The average molecular weight is 495 g/mol. The number of hydrogen-bond donors (Lipinski definition) is 2. The highest BCUT2D eigenvalue weighted by molar-refractivity contribution is 6.00. The zero-order chi connectivity index (χ0) is 25.3. The number of anilines is 2. The Morgan fingerprint density at radius 1 is 0.639 bits per heavy atom. The average Bonchev–Trinajstić information content (AvgIpc) is 2.92. The highest BCUT2D eigenvalue weighted by Gasteiger charge is 2.20. The standard InChI is InChI=1S/C26H30N4O6/c31-23(27-21-5-1-3-19(17-21)25(33)29-9-13-35-14-10-29)7-8-24(32)28-22-6-2-4-20(18-22)26(34)30-11-15-36-16-12-30/h1-6,17-18H,7-16H2,(H,27,31)(H,28,32). The maximum atomic E-state index is 12.7. The molecule has 0 unspecified atom stereocenters. The number of carbonyl (C=O) groups is 4. The van der Waals surface area contributed by atoms with E-state index in [0.717, 1.165) is 0 Å². The highest BCUT2D eigenvalue weighted by atomic mass is 16.5. The fourth-order valence-corrected chi connectivity index (χ4v) is 4.03. The van der Waals surface area contributed by atoms with E-state index < -0.39 is 0 Å². The first kappa shape index (κ1) is 25.3. The predicted octanol–water partition coefficient (Wildman–Crippen LogP) is 1.99. The molecule has 4 rings (SSSR count). The van der Waals surface area contributed by atoms with Crippen LogP contribution >= 0.6 is 0 Å². The molecule has 2 fully saturated rings. The van der Waals surface area contributed by atoms with Crippen LogP contribution in [0.25, 0.3) is 0 Å². The lowest BCUT2D eigenvalue weighted by molar-refractivity contribution is -0.121. The summed E-state index contributed by atoms with van der Waals surface area (Å²) in [6.45, 7) is 4.20. The van der Waals surface area contributed by atoms with Gasteiger partial charge in [0.2, 0.25) is 11.8 Å². The molecule has 190 valence electrons. The van der Waals surface area contributed by atoms with Gasteiger partial charge in [-0.25, -0.2) is 0 Å². The summed E-state index contributed by atoms with van der Waals surface area (Å²) in [5.74, 6) is -0.888. The van der Waals surface area contributed by atoms with Crippen molar-refractivity contribution in [3.8, 4) is 0 Å². The molecular formula is C26H30N4O6. The Labute approximate surface area is 209 Å². The van der Waals surface area contributed by atoms with Gasteiger partial charge in [0.05, 0.1) is 26.4 Å². The summed E-state index contributed by atoms with van der Waals surface area (Å²) in [4.78, 5) is 53.6. The number of hydrogen-bond acceptors (Lipinski definition) is 6. The van der Waals surface area contributed by atoms with Gasteiger partial charge in [-0.15, -0.1) is 0 Å². The molecule has 0 saturated carbocycles. The quantitative estimate of drug-likeness (QED) is 0.608. The molecule has 0 bridgehead atoms. The normalized spacial score (nSPS) is 15.8. The number of nitrogens with one attached hydrogen (secondary N) is 2. The topological polar surface area (TPSA) is 117 Å². The second kappa shape index (κ2) is 12.3. The molecule has 0 aliphatic carbocycles. The van der Waals surface area contributed by atoms with Crippen LogP contribution < -0.4 is 10.6 Å². The molecule has 10 nitrogen and oxygen atoms in total. The number of ether oxygens (including phenoxy) is 2. The van der Waals surface area contributed by atoms with Crippen LogP contribution in [0.3, 0.4) is 0 Å². The molecule has 0 radical (unpaired) electrons. The Morgan fingerprint density at radius 2 is 1.03 bits per heavy atom. The van der Waals surface area contributed by atoms with Crippen LogP contribution in [0.1, 0.15) is 33.6 Å². The lowest BCUT2D eigenvalue weighted by atomic mass is 10.1. The summed E-state index contributed by atoms with van der Waals surface area (Å²) in [6, 6.07) is 13.5. The highest BCUT2D eigenvalue weighted by Crippen LogP contribution is 2.16. The Balaban J connectivity index is 1.26. The largest absolute Gasteiger partial charge is 0.378 e. The monoisotopic (exact) mass is 494 g/mol. The number of nitrogens with zero attached hydrogens (tertiary/aromatic N) is 2. The van der Waals surface area contributed by atoms with Gasteiger partial charge in [0.1, 0.15) is 0 Å². The van der Waals surface area contributed by atoms with Crippen molar-refractivity contribution in [2.45, 2.75) is 12.8 Å². The van der Waals surface area contributed by atoms with Crippen molar-refractivity contribution in [1.82, 2.24) is 9.80 Å². The van der Waals surface area contributed by atoms with Crippen LogP contribution in [0.2, 0.25) is 0 Å². The van der Waals surface area contributed by atoms with Crippen molar-refractivity contribution in [3.63, 3.8) is 0 Å². The van der Waals surface area contributed by atoms with Crippen molar-refractivity contribution in [1.29, 1.82) is 0 Å². The van der Waals surface area contributed by atoms with Gasteiger partial charge >= 0.3 is 0 Å². The van der Waals surface area contributed by atoms with E-state index in [9.17, 15) is 19.2 Å². The van der Waals surface area contributed by atoms with Crippen LogP contribution in [0.15, 0.2) is 48.5 Å². The van der Waals surface area contributed by atoms with E-state index in [-0.39, 0.29) is 36.5 Å². The number of amides is 4. The predicted molar refractivity (Wildman–Crippen MR) is 133 cm³/mol. The minimum Gasteiger partial charge on any atom is -0.378 e. The maximum Gasteiger partial charge on any atom is 0.254 e. The van der Waals surface area contributed by atoms with Gasteiger partial charge in [-0.05, 0) is 36.4 Å². The van der Waals surface area contributed by atoms with E-state index in [2.05, 4.69) is 10.6 Å². The Bertz CT molecular complexity index is 1020. The Kier molecular flexibility index (Phi) is 8.64. The van der Waals surface area contributed by atoms with Crippen LogP contribution in [-0.4, -0.2) is 86.0 Å².